The molecule has 0 aliphatic carbocycles. The molecule has 1 fully saturated rings. The van der Waals surface area contributed by atoms with Crippen molar-refractivity contribution in [2.45, 2.75) is 6.10 Å². The maximum Gasteiger partial charge on any atom is 0.108 e. The lowest BCUT2D eigenvalue weighted by Gasteiger charge is -2.27. The van der Waals surface area contributed by atoms with Gasteiger partial charge in [-0.2, -0.15) is 0 Å². The standard InChI is InChI=1S/C19H21Cl2NO2.ClH/c20-17-5-1-15(2-6-17)19(16-3-7-18(21)8-4-16)24-14-11-22-9-12-23-13-10-22;/h1-8,19H,9-14H2;1H. The van der Waals surface area contributed by atoms with Crippen molar-refractivity contribution in [3.63, 3.8) is 0 Å². The fraction of sp³-hybridized carbons (Fsp3) is 0.368. The lowest BCUT2D eigenvalue weighted by atomic mass is 10.0. The minimum Gasteiger partial charge on any atom is -0.379 e. The number of halogens is 3. The van der Waals surface area contributed by atoms with Crippen molar-refractivity contribution in [1.82, 2.24) is 4.90 Å². The molecule has 1 saturated heterocycles. The number of rotatable bonds is 6. The molecule has 3 nitrogen and oxygen atoms in total. The SMILES string of the molecule is Cl.Clc1ccc(C(OCCN2CCOCC2)c2ccc(Cl)cc2)cc1. The summed E-state index contributed by atoms with van der Waals surface area (Å²) in [5, 5.41) is 1.45. The third-order valence-corrected chi connectivity index (χ3v) is 4.65. The van der Waals surface area contributed by atoms with Crippen LogP contribution in [0.2, 0.25) is 10.0 Å². The Kier molecular flexibility index (Phi) is 8.50. The topological polar surface area (TPSA) is 21.7 Å². The summed E-state index contributed by atoms with van der Waals surface area (Å²) >= 11 is 12.0. The van der Waals surface area contributed by atoms with Crippen LogP contribution in [0, 0.1) is 0 Å². The molecule has 2 aromatic carbocycles. The van der Waals surface area contributed by atoms with Crippen LogP contribution in [0.15, 0.2) is 48.5 Å². The summed E-state index contributed by atoms with van der Waals surface area (Å²) < 4.78 is 11.6. The zero-order chi connectivity index (χ0) is 16.8. The molecule has 0 aromatic heterocycles. The van der Waals surface area contributed by atoms with Gasteiger partial charge in [0.1, 0.15) is 6.10 Å². The van der Waals surface area contributed by atoms with Crippen LogP contribution >= 0.6 is 35.6 Å². The Morgan fingerprint density at radius 1 is 0.880 bits per heavy atom. The van der Waals surface area contributed by atoms with Crippen LogP contribution < -0.4 is 0 Å². The maximum atomic E-state index is 6.23. The summed E-state index contributed by atoms with van der Waals surface area (Å²) in [6.45, 7) is 5.11. The second-order valence-corrected chi connectivity index (χ2v) is 6.68. The summed E-state index contributed by atoms with van der Waals surface area (Å²) in [5.41, 5.74) is 2.17. The lowest BCUT2D eigenvalue weighted by Crippen LogP contribution is -2.38. The van der Waals surface area contributed by atoms with Gasteiger partial charge in [-0.15, -0.1) is 12.4 Å². The molecule has 1 aliphatic rings. The second kappa shape index (κ2) is 10.4. The highest BCUT2D eigenvalue weighted by atomic mass is 35.5. The van der Waals surface area contributed by atoms with Crippen LogP contribution in [0.4, 0.5) is 0 Å². The molecule has 6 heteroatoms. The normalized spacial score (nSPS) is 15.2. The Balaban J connectivity index is 0.00000225. The van der Waals surface area contributed by atoms with E-state index < -0.39 is 0 Å². The Hall–Kier alpha value is -0.810. The van der Waals surface area contributed by atoms with Crippen LogP contribution in [0.25, 0.3) is 0 Å². The molecule has 0 saturated carbocycles. The van der Waals surface area contributed by atoms with E-state index in [9.17, 15) is 0 Å². The molecular formula is C19H22Cl3NO2. The van der Waals surface area contributed by atoms with Crippen LogP contribution in [-0.2, 0) is 9.47 Å². The van der Waals surface area contributed by atoms with Gasteiger partial charge in [0.2, 0.25) is 0 Å². The van der Waals surface area contributed by atoms with Crippen molar-refractivity contribution in [2.75, 3.05) is 39.5 Å². The third-order valence-electron chi connectivity index (χ3n) is 4.14. The van der Waals surface area contributed by atoms with Crippen molar-refractivity contribution < 1.29 is 9.47 Å². The van der Waals surface area contributed by atoms with Gasteiger partial charge in [-0.1, -0.05) is 47.5 Å². The van der Waals surface area contributed by atoms with Gasteiger partial charge in [-0.05, 0) is 35.4 Å². The van der Waals surface area contributed by atoms with E-state index in [0.717, 1.165) is 54.0 Å². The van der Waals surface area contributed by atoms with Crippen molar-refractivity contribution in [3.05, 3.63) is 69.7 Å². The summed E-state index contributed by atoms with van der Waals surface area (Å²) in [4.78, 5) is 2.37. The summed E-state index contributed by atoms with van der Waals surface area (Å²) in [5.74, 6) is 0. The highest BCUT2D eigenvalue weighted by Crippen LogP contribution is 2.28. The van der Waals surface area contributed by atoms with Crippen molar-refractivity contribution in [1.29, 1.82) is 0 Å². The first-order chi connectivity index (χ1) is 11.7. The number of morpholine rings is 1. The van der Waals surface area contributed by atoms with Gasteiger partial charge >= 0.3 is 0 Å². The van der Waals surface area contributed by atoms with Gasteiger partial charge in [-0.3, -0.25) is 4.90 Å². The molecule has 25 heavy (non-hydrogen) atoms. The van der Waals surface area contributed by atoms with E-state index in [2.05, 4.69) is 4.90 Å². The van der Waals surface area contributed by atoms with Crippen molar-refractivity contribution in [3.8, 4) is 0 Å². The zero-order valence-corrected chi connectivity index (χ0v) is 16.2. The number of hydrogen-bond donors (Lipinski definition) is 0. The molecule has 1 aliphatic heterocycles. The molecule has 3 rings (SSSR count). The van der Waals surface area contributed by atoms with E-state index in [1.54, 1.807) is 0 Å². The van der Waals surface area contributed by atoms with Gasteiger partial charge in [0.25, 0.3) is 0 Å². The molecule has 136 valence electrons. The minimum atomic E-state index is -0.124. The van der Waals surface area contributed by atoms with E-state index in [-0.39, 0.29) is 18.5 Å². The summed E-state index contributed by atoms with van der Waals surface area (Å²) in [6.07, 6.45) is -0.124. The zero-order valence-electron chi connectivity index (χ0n) is 13.9. The van der Waals surface area contributed by atoms with Crippen LogP contribution in [0.5, 0.6) is 0 Å². The molecule has 0 atom stereocenters. The highest BCUT2D eigenvalue weighted by molar-refractivity contribution is 6.30. The summed E-state index contributed by atoms with van der Waals surface area (Å²) in [6, 6.07) is 15.6. The van der Waals surface area contributed by atoms with Crippen molar-refractivity contribution in [2.24, 2.45) is 0 Å². The monoisotopic (exact) mass is 401 g/mol. The largest absolute Gasteiger partial charge is 0.379 e. The fourth-order valence-electron chi connectivity index (χ4n) is 2.78. The van der Waals surface area contributed by atoms with Crippen LogP contribution in [-0.4, -0.2) is 44.4 Å². The van der Waals surface area contributed by atoms with E-state index in [0.29, 0.717) is 6.61 Å². The quantitative estimate of drug-likeness (QED) is 0.689. The van der Waals surface area contributed by atoms with Gasteiger partial charge < -0.3 is 9.47 Å². The van der Waals surface area contributed by atoms with Gasteiger partial charge in [0.05, 0.1) is 19.8 Å². The number of ether oxygens (including phenoxy) is 2. The predicted octanol–water partition coefficient (Wildman–Crippen LogP) is 4.85. The first kappa shape index (κ1) is 20.5. The summed E-state index contributed by atoms with van der Waals surface area (Å²) in [7, 11) is 0. The molecule has 0 amide bonds. The van der Waals surface area contributed by atoms with Crippen LogP contribution in [0.3, 0.4) is 0 Å². The van der Waals surface area contributed by atoms with E-state index in [1.807, 2.05) is 48.5 Å². The lowest BCUT2D eigenvalue weighted by molar-refractivity contribution is 0.00968. The average Bonchev–Trinajstić information content (AvgIpc) is 2.62. The molecule has 0 N–H and O–H groups in total. The third kappa shape index (κ3) is 6.14. The van der Waals surface area contributed by atoms with Gasteiger partial charge in [0.15, 0.2) is 0 Å². The predicted molar refractivity (Wildman–Crippen MR) is 105 cm³/mol. The van der Waals surface area contributed by atoms with E-state index in [1.165, 1.54) is 0 Å². The Bertz CT molecular complexity index is 583. The molecule has 0 bridgehead atoms. The highest BCUT2D eigenvalue weighted by Gasteiger charge is 2.16. The Morgan fingerprint density at radius 2 is 1.36 bits per heavy atom. The number of benzene rings is 2. The number of hydrogen-bond acceptors (Lipinski definition) is 3. The molecule has 0 unspecified atom stereocenters. The minimum absolute atomic E-state index is 0. The van der Waals surface area contributed by atoms with Gasteiger partial charge in [0, 0.05) is 29.7 Å². The van der Waals surface area contributed by atoms with E-state index >= 15 is 0 Å². The molecule has 2 aromatic rings. The Morgan fingerprint density at radius 3 is 1.84 bits per heavy atom. The Labute approximate surface area is 165 Å². The molecule has 1 heterocycles. The second-order valence-electron chi connectivity index (χ2n) is 5.81. The van der Waals surface area contributed by atoms with Crippen LogP contribution in [0.1, 0.15) is 17.2 Å². The van der Waals surface area contributed by atoms with E-state index in [4.69, 9.17) is 32.7 Å². The fourth-order valence-corrected chi connectivity index (χ4v) is 3.04. The molecule has 0 radical (unpaired) electrons. The van der Waals surface area contributed by atoms with Crippen molar-refractivity contribution >= 4 is 35.6 Å². The smallest absolute Gasteiger partial charge is 0.108 e. The number of nitrogens with zero attached hydrogens (tertiary/aromatic N) is 1. The first-order valence-electron chi connectivity index (χ1n) is 8.15. The average molecular weight is 403 g/mol. The first-order valence-corrected chi connectivity index (χ1v) is 8.90. The molecule has 0 spiro atoms. The molecular weight excluding hydrogens is 381 g/mol. The maximum absolute atomic E-state index is 6.23. The van der Waals surface area contributed by atoms with Gasteiger partial charge in [-0.25, -0.2) is 0 Å².